The van der Waals surface area contributed by atoms with E-state index in [0.717, 1.165) is 91.8 Å². The van der Waals surface area contributed by atoms with E-state index in [0.29, 0.717) is 12.5 Å². The van der Waals surface area contributed by atoms with Gasteiger partial charge in [0, 0.05) is 66.7 Å². The molecule has 3 aromatic rings. The van der Waals surface area contributed by atoms with Gasteiger partial charge >= 0.3 is 0 Å². The number of piperidine rings is 1. The van der Waals surface area contributed by atoms with E-state index in [4.69, 9.17) is 4.74 Å². The van der Waals surface area contributed by atoms with E-state index < -0.39 is 0 Å². The average molecular weight is 430 g/mol. The van der Waals surface area contributed by atoms with Crippen LogP contribution < -0.4 is 10.2 Å². The topological polar surface area (TPSA) is 103 Å². The van der Waals surface area contributed by atoms with Crippen molar-refractivity contribution in [3.63, 3.8) is 0 Å². The van der Waals surface area contributed by atoms with Crippen LogP contribution in [-0.2, 0) is 4.74 Å². The Morgan fingerprint density at radius 1 is 1.03 bits per heavy atom. The van der Waals surface area contributed by atoms with Gasteiger partial charge in [-0.2, -0.15) is 5.26 Å². The fourth-order valence-corrected chi connectivity index (χ4v) is 4.47. The van der Waals surface area contributed by atoms with Crippen LogP contribution in [0.25, 0.3) is 22.5 Å². The zero-order valence-electron chi connectivity index (χ0n) is 18.0. The summed E-state index contributed by atoms with van der Waals surface area (Å²) in [6.07, 6.45) is 8.52. The summed E-state index contributed by atoms with van der Waals surface area (Å²) in [5.74, 6) is 1.12. The van der Waals surface area contributed by atoms with Crippen molar-refractivity contribution in [3.05, 3.63) is 48.0 Å². The Morgan fingerprint density at radius 2 is 1.88 bits per heavy atom. The second-order valence-electron chi connectivity index (χ2n) is 8.30. The fraction of sp³-hybridized carbons (Fsp3) is 0.417. The van der Waals surface area contributed by atoms with Gasteiger partial charge in [0.15, 0.2) is 0 Å². The molecule has 0 aromatic carbocycles. The Hall–Kier alpha value is -3.28. The van der Waals surface area contributed by atoms with Gasteiger partial charge in [-0.3, -0.25) is 4.98 Å². The van der Waals surface area contributed by atoms with E-state index >= 15 is 0 Å². The second-order valence-corrected chi connectivity index (χ2v) is 8.30. The van der Waals surface area contributed by atoms with Crippen molar-refractivity contribution in [2.24, 2.45) is 0 Å². The van der Waals surface area contributed by atoms with E-state index in [-0.39, 0.29) is 0 Å². The van der Waals surface area contributed by atoms with Gasteiger partial charge in [0.05, 0.1) is 17.9 Å². The highest BCUT2D eigenvalue weighted by Gasteiger charge is 2.21. The molecule has 2 aliphatic rings. The van der Waals surface area contributed by atoms with Crippen LogP contribution in [0.2, 0.25) is 0 Å². The van der Waals surface area contributed by atoms with Gasteiger partial charge in [0.25, 0.3) is 0 Å². The summed E-state index contributed by atoms with van der Waals surface area (Å²) in [7, 11) is 0. The molecule has 0 bridgehead atoms. The maximum absolute atomic E-state index is 9.67. The lowest BCUT2D eigenvalue weighted by atomic mass is 9.93. The third kappa shape index (κ3) is 4.35. The number of hydrogen-bond acceptors (Lipinski definition) is 7. The van der Waals surface area contributed by atoms with Crippen LogP contribution in [0.1, 0.15) is 36.4 Å². The lowest BCUT2D eigenvalue weighted by Crippen LogP contribution is -2.27. The normalized spacial score (nSPS) is 17.7. The predicted octanol–water partition coefficient (Wildman–Crippen LogP) is 3.10. The van der Waals surface area contributed by atoms with Gasteiger partial charge in [-0.05, 0) is 50.6 Å². The minimum atomic E-state index is 0.395. The van der Waals surface area contributed by atoms with Crippen molar-refractivity contribution < 1.29 is 4.74 Å². The number of hydrogen-bond donors (Lipinski definition) is 2. The second kappa shape index (κ2) is 9.47. The summed E-state index contributed by atoms with van der Waals surface area (Å²) >= 11 is 0. The molecule has 3 aromatic heterocycles. The molecule has 0 saturated carbocycles. The van der Waals surface area contributed by atoms with Crippen LogP contribution in [0.15, 0.2) is 36.8 Å². The number of H-pyrrole nitrogens is 1. The van der Waals surface area contributed by atoms with Crippen LogP contribution >= 0.6 is 0 Å². The minimum absolute atomic E-state index is 0.395. The highest BCUT2D eigenvalue weighted by molar-refractivity contribution is 5.69. The summed E-state index contributed by atoms with van der Waals surface area (Å²) in [5, 5.41) is 13.1. The first-order valence-electron chi connectivity index (χ1n) is 11.3. The molecular formula is C24H27N7O. The van der Waals surface area contributed by atoms with Crippen molar-refractivity contribution in [3.8, 4) is 28.6 Å². The maximum Gasteiger partial charge on any atom is 0.225 e. The van der Waals surface area contributed by atoms with Crippen molar-refractivity contribution >= 4 is 5.95 Å². The van der Waals surface area contributed by atoms with Gasteiger partial charge in [-0.1, -0.05) is 0 Å². The van der Waals surface area contributed by atoms with Crippen LogP contribution in [0, 0.1) is 11.3 Å². The maximum atomic E-state index is 9.67. The molecule has 5 heterocycles. The highest BCUT2D eigenvalue weighted by Crippen LogP contribution is 2.32. The summed E-state index contributed by atoms with van der Waals surface area (Å²) < 4.78 is 5.52. The lowest BCUT2D eigenvalue weighted by Gasteiger charge is -2.22. The first kappa shape index (κ1) is 20.6. The number of ether oxygens (including phenoxy) is 1. The number of anilines is 1. The lowest BCUT2D eigenvalue weighted by molar-refractivity contribution is 0.152. The Kier molecular flexibility index (Phi) is 6.10. The van der Waals surface area contributed by atoms with Crippen molar-refractivity contribution in [2.75, 3.05) is 44.3 Å². The first-order chi connectivity index (χ1) is 15.8. The molecular weight excluding hydrogens is 402 g/mol. The Balaban J connectivity index is 1.39. The molecule has 0 amide bonds. The van der Waals surface area contributed by atoms with Gasteiger partial charge < -0.3 is 19.9 Å². The molecule has 0 aliphatic carbocycles. The number of rotatable bonds is 4. The molecule has 2 N–H and O–H groups in total. The van der Waals surface area contributed by atoms with Gasteiger partial charge in [-0.15, -0.1) is 0 Å². The SMILES string of the molecule is N#Cc1cc(-c2ccnc(-c3cnc(N4CCCOCC4)nc3)c2)[nH]c1C1CCNCC1. The largest absolute Gasteiger partial charge is 0.380 e. The monoisotopic (exact) mass is 429 g/mol. The van der Waals surface area contributed by atoms with Crippen LogP contribution in [0.3, 0.4) is 0 Å². The standard InChI is InChI=1S/C24H27N7O/c25-14-19-13-22(30-23(19)17-2-5-26-6-3-17)18-4-7-27-21(12-18)20-15-28-24(29-16-20)31-8-1-10-32-11-9-31/h4,7,12-13,15-17,26,30H,1-3,5-6,8-11H2. The molecule has 0 unspecified atom stereocenters. The number of pyridine rings is 1. The third-order valence-electron chi connectivity index (χ3n) is 6.23. The van der Waals surface area contributed by atoms with E-state index in [2.05, 4.69) is 36.2 Å². The molecule has 0 spiro atoms. The van der Waals surface area contributed by atoms with Gasteiger partial charge in [-0.25, -0.2) is 9.97 Å². The smallest absolute Gasteiger partial charge is 0.225 e. The minimum Gasteiger partial charge on any atom is -0.380 e. The van der Waals surface area contributed by atoms with Gasteiger partial charge in [0.2, 0.25) is 5.95 Å². The van der Waals surface area contributed by atoms with Crippen molar-refractivity contribution in [2.45, 2.75) is 25.2 Å². The average Bonchev–Trinajstić information content (AvgIpc) is 3.12. The summed E-state index contributed by atoms with van der Waals surface area (Å²) in [6, 6.07) is 8.32. The zero-order chi connectivity index (χ0) is 21.8. The molecule has 32 heavy (non-hydrogen) atoms. The van der Waals surface area contributed by atoms with E-state index in [1.165, 1.54) is 0 Å². The molecule has 2 aliphatic heterocycles. The molecule has 5 rings (SSSR count). The van der Waals surface area contributed by atoms with Crippen molar-refractivity contribution in [1.82, 2.24) is 25.3 Å². The summed E-state index contributed by atoms with van der Waals surface area (Å²) in [4.78, 5) is 19.4. The quantitative estimate of drug-likeness (QED) is 0.657. The number of nitrogens with one attached hydrogen (secondary N) is 2. The highest BCUT2D eigenvalue weighted by atomic mass is 16.5. The van der Waals surface area contributed by atoms with E-state index in [9.17, 15) is 5.26 Å². The Bertz CT molecular complexity index is 1090. The van der Waals surface area contributed by atoms with Crippen molar-refractivity contribution in [1.29, 1.82) is 5.26 Å². The third-order valence-corrected chi connectivity index (χ3v) is 6.23. The summed E-state index contributed by atoms with van der Waals surface area (Å²) in [6.45, 7) is 5.18. The first-order valence-corrected chi connectivity index (χ1v) is 11.3. The van der Waals surface area contributed by atoms with E-state index in [1.54, 1.807) is 6.20 Å². The van der Waals surface area contributed by atoms with Crippen LogP contribution in [0.5, 0.6) is 0 Å². The fourth-order valence-electron chi connectivity index (χ4n) is 4.47. The Labute approximate surface area is 187 Å². The number of nitriles is 1. The predicted molar refractivity (Wildman–Crippen MR) is 122 cm³/mol. The number of aromatic nitrogens is 4. The van der Waals surface area contributed by atoms with Gasteiger partial charge in [0.1, 0.15) is 6.07 Å². The molecule has 0 radical (unpaired) electrons. The van der Waals surface area contributed by atoms with Crippen LogP contribution in [-0.4, -0.2) is 59.3 Å². The zero-order valence-corrected chi connectivity index (χ0v) is 18.0. The number of nitrogens with zero attached hydrogens (tertiary/aromatic N) is 5. The molecule has 8 nitrogen and oxygen atoms in total. The number of aromatic amines is 1. The molecule has 2 fully saturated rings. The molecule has 0 atom stereocenters. The summed E-state index contributed by atoms with van der Waals surface area (Å²) in [5.41, 5.74) is 5.41. The van der Waals surface area contributed by atoms with E-state index in [1.807, 2.05) is 30.6 Å². The Morgan fingerprint density at radius 3 is 2.69 bits per heavy atom. The van der Waals surface area contributed by atoms with Crippen LogP contribution in [0.4, 0.5) is 5.95 Å². The molecule has 164 valence electrons. The molecule has 2 saturated heterocycles. The molecule has 8 heteroatoms.